The van der Waals surface area contributed by atoms with Gasteiger partial charge in [0.2, 0.25) is 0 Å². The van der Waals surface area contributed by atoms with Crippen molar-refractivity contribution >= 4 is 5.78 Å². The van der Waals surface area contributed by atoms with Crippen LogP contribution in [0, 0.1) is 18.6 Å². The van der Waals surface area contributed by atoms with Crippen molar-refractivity contribution in [3.63, 3.8) is 0 Å². The molecule has 0 saturated heterocycles. The van der Waals surface area contributed by atoms with Crippen molar-refractivity contribution in [3.05, 3.63) is 34.9 Å². The van der Waals surface area contributed by atoms with E-state index in [0.717, 1.165) is 12.1 Å². The summed E-state index contributed by atoms with van der Waals surface area (Å²) < 4.78 is 36.4. The van der Waals surface area contributed by atoms with Gasteiger partial charge < -0.3 is 9.47 Å². The van der Waals surface area contributed by atoms with Gasteiger partial charge in [-0.3, -0.25) is 4.79 Å². The lowest BCUT2D eigenvalue weighted by Crippen LogP contribution is -2.19. The number of rotatable bonds is 5. The second-order valence-corrected chi connectivity index (χ2v) is 3.61. The Morgan fingerprint density at radius 1 is 1.24 bits per heavy atom. The third kappa shape index (κ3) is 3.31. The second-order valence-electron chi connectivity index (χ2n) is 3.61. The highest BCUT2D eigenvalue weighted by Crippen LogP contribution is 2.17. The predicted molar refractivity (Wildman–Crippen MR) is 57.8 cm³/mol. The molecule has 0 spiro atoms. The van der Waals surface area contributed by atoms with Gasteiger partial charge in [-0.05, 0) is 24.6 Å². The first-order chi connectivity index (χ1) is 7.99. The van der Waals surface area contributed by atoms with Gasteiger partial charge in [-0.15, -0.1) is 0 Å². The summed E-state index contributed by atoms with van der Waals surface area (Å²) in [4.78, 5) is 11.7. The van der Waals surface area contributed by atoms with E-state index < -0.39 is 23.7 Å². The number of ether oxygens (including phenoxy) is 2. The largest absolute Gasteiger partial charge is 0.355 e. The Morgan fingerprint density at radius 3 is 2.35 bits per heavy atom. The van der Waals surface area contributed by atoms with Crippen LogP contribution in [-0.2, 0) is 9.47 Å². The van der Waals surface area contributed by atoms with Crippen molar-refractivity contribution in [1.82, 2.24) is 0 Å². The molecule has 0 fully saturated rings. The number of methoxy groups -OCH3 is 2. The number of aryl methyl sites for hydroxylation is 1. The van der Waals surface area contributed by atoms with Gasteiger partial charge in [0.05, 0.1) is 12.0 Å². The summed E-state index contributed by atoms with van der Waals surface area (Å²) in [5.41, 5.74) is -0.124. The van der Waals surface area contributed by atoms with Gasteiger partial charge in [-0.25, -0.2) is 8.78 Å². The summed E-state index contributed by atoms with van der Waals surface area (Å²) in [6.07, 6.45) is -0.918. The molecule has 0 atom stereocenters. The van der Waals surface area contributed by atoms with Gasteiger partial charge in [0.1, 0.15) is 11.6 Å². The number of benzene rings is 1. The highest BCUT2D eigenvalue weighted by atomic mass is 19.1. The lowest BCUT2D eigenvalue weighted by atomic mass is 10.0. The van der Waals surface area contributed by atoms with Gasteiger partial charge in [0.15, 0.2) is 12.1 Å². The van der Waals surface area contributed by atoms with Gasteiger partial charge in [0, 0.05) is 14.2 Å². The molecular formula is C12H14F2O3. The summed E-state index contributed by atoms with van der Waals surface area (Å²) in [6, 6.07) is 1.90. The Bertz CT molecular complexity index is 414. The highest BCUT2D eigenvalue weighted by molar-refractivity contribution is 5.96. The minimum absolute atomic E-state index is 0.160. The molecule has 0 bridgehead atoms. The maximum absolute atomic E-state index is 13.5. The minimum Gasteiger partial charge on any atom is -0.355 e. The molecule has 1 rings (SSSR count). The predicted octanol–water partition coefficient (Wildman–Crippen LogP) is 2.46. The smallest absolute Gasteiger partial charge is 0.170 e. The topological polar surface area (TPSA) is 35.5 Å². The van der Waals surface area contributed by atoms with Crippen LogP contribution < -0.4 is 0 Å². The lowest BCUT2D eigenvalue weighted by molar-refractivity contribution is -0.0993. The standard InChI is InChI=1S/C12H14F2O3/c1-7-4-10(14)8(5-9(7)13)11(15)6-12(16-2)17-3/h4-5,12H,6H2,1-3H3. The number of hydrogen-bond acceptors (Lipinski definition) is 3. The van der Waals surface area contributed by atoms with Crippen LogP contribution >= 0.6 is 0 Å². The van der Waals surface area contributed by atoms with Crippen molar-refractivity contribution in [2.75, 3.05) is 14.2 Å². The Balaban J connectivity index is 2.93. The zero-order chi connectivity index (χ0) is 13.0. The molecule has 3 nitrogen and oxygen atoms in total. The van der Waals surface area contributed by atoms with Crippen LogP contribution in [0.25, 0.3) is 0 Å². The van der Waals surface area contributed by atoms with Crippen molar-refractivity contribution in [2.24, 2.45) is 0 Å². The van der Waals surface area contributed by atoms with E-state index in [2.05, 4.69) is 0 Å². The van der Waals surface area contributed by atoms with Gasteiger partial charge in [0.25, 0.3) is 0 Å². The lowest BCUT2D eigenvalue weighted by Gasteiger charge is -2.12. The summed E-state index contributed by atoms with van der Waals surface area (Å²) in [5, 5.41) is 0. The Labute approximate surface area is 98.3 Å². The molecule has 0 heterocycles. The van der Waals surface area contributed by atoms with Gasteiger partial charge >= 0.3 is 0 Å². The van der Waals surface area contributed by atoms with Crippen LogP contribution in [0.2, 0.25) is 0 Å². The van der Waals surface area contributed by atoms with E-state index in [9.17, 15) is 13.6 Å². The molecule has 17 heavy (non-hydrogen) atoms. The van der Waals surface area contributed by atoms with Crippen LogP contribution in [0.15, 0.2) is 12.1 Å². The quantitative estimate of drug-likeness (QED) is 0.589. The molecule has 1 aromatic rings. The average Bonchev–Trinajstić information content (AvgIpc) is 2.30. The first-order valence-electron chi connectivity index (χ1n) is 5.04. The molecule has 1 aromatic carbocycles. The maximum Gasteiger partial charge on any atom is 0.170 e. The average molecular weight is 244 g/mol. The fourth-order valence-corrected chi connectivity index (χ4v) is 1.38. The molecule has 0 aliphatic rings. The molecule has 0 aromatic heterocycles. The third-order valence-electron chi connectivity index (χ3n) is 2.43. The summed E-state index contributed by atoms with van der Waals surface area (Å²) in [7, 11) is 2.74. The summed E-state index contributed by atoms with van der Waals surface area (Å²) >= 11 is 0. The first kappa shape index (κ1) is 13.7. The normalized spacial score (nSPS) is 10.9. The third-order valence-corrected chi connectivity index (χ3v) is 2.43. The number of hydrogen-bond donors (Lipinski definition) is 0. The molecule has 0 amide bonds. The zero-order valence-electron chi connectivity index (χ0n) is 9.92. The van der Waals surface area contributed by atoms with E-state index >= 15 is 0 Å². The van der Waals surface area contributed by atoms with Crippen LogP contribution in [0.4, 0.5) is 8.78 Å². The maximum atomic E-state index is 13.5. The van der Waals surface area contributed by atoms with Crippen molar-refractivity contribution in [1.29, 1.82) is 0 Å². The molecule has 0 aliphatic carbocycles. The Hall–Kier alpha value is -1.33. The number of carbonyl (C=O) groups excluding carboxylic acids is 1. The van der Waals surface area contributed by atoms with E-state index in [1.54, 1.807) is 0 Å². The summed E-state index contributed by atoms with van der Waals surface area (Å²) in [5.74, 6) is -1.91. The molecule has 94 valence electrons. The highest BCUT2D eigenvalue weighted by Gasteiger charge is 2.18. The monoisotopic (exact) mass is 244 g/mol. The minimum atomic E-state index is -0.758. The van der Waals surface area contributed by atoms with Gasteiger partial charge in [-0.1, -0.05) is 0 Å². The second kappa shape index (κ2) is 5.84. The van der Waals surface area contributed by atoms with Crippen LogP contribution in [0.5, 0.6) is 0 Å². The van der Waals surface area contributed by atoms with Crippen molar-refractivity contribution in [3.8, 4) is 0 Å². The Morgan fingerprint density at radius 2 is 1.82 bits per heavy atom. The number of Topliss-reactive ketones (excluding diaryl/α,β-unsaturated/α-hetero) is 1. The van der Waals surface area contributed by atoms with Crippen LogP contribution in [0.3, 0.4) is 0 Å². The molecule has 5 heteroatoms. The molecular weight excluding hydrogens is 230 g/mol. The molecule has 0 N–H and O–H groups in total. The van der Waals surface area contributed by atoms with E-state index in [1.807, 2.05) is 0 Å². The number of halogens is 2. The van der Waals surface area contributed by atoms with Crippen LogP contribution in [0.1, 0.15) is 22.3 Å². The van der Waals surface area contributed by atoms with Gasteiger partial charge in [-0.2, -0.15) is 0 Å². The van der Waals surface area contributed by atoms with E-state index in [-0.39, 0.29) is 17.5 Å². The SMILES string of the molecule is COC(CC(=O)c1cc(F)c(C)cc1F)OC. The number of ketones is 1. The van der Waals surface area contributed by atoms with Crippen molar-refractivity contribution < 1.29 is 23.0 Å². The molecule has 0 saturated carbocycles. The molecule has 0 aliphatic heterocycles. The Kier molecular flexibility index (Phi) is 4.72. The van der Waals surface area contributed by atoms with E-state index in [4.69, 9.17) is 9.47 Å². The first-order valence-corrected chi connectivity index (χ1v) is 5.04. The fraction of sp³-hybridized carbons (Fsp3) is 0.417. The van der Waals surface area contributed by atoms with Crippen molar-refractivity contribution in [2.45, 2.75) is 19.6 Å². The van der Waals surface area contributed by atoms with E-state index in [0.29, 0.717) is 0 Å². The molecule has 0 radical (unpaired) electrons. The summed E-state index contributed by atoms with van der Waals surface area (Å²) in [6.45, 7) is 1.43. The number of carbonyl (C=O) groups is 1. The zero-order valence-corrected chi connectivity index (χ0v) is 9.92. The van der Waals surface area contributed by atoms with Crippen LogP contribution in [-0.4, -0.2) is 26.3 Å². The van der Waals surface area contributed by atoms with E-state index in [1.165, 1.54) is 21.1 Å². The molecule has 0 unspecified atom stereocenters. The fourth-order valence-electron chi connectivity index (χ4n) is 1.38.